The van der Waals surface area contributed by atoms with Crippen LogP contribution in [0.1, 0.15) is 11.3 Å². The summed E-state index contributed by atoms with van der Waals surface area (Å²) in [5.74, 6) is 0.0157. The van der Waals surface area contributed by atoms with Crippen LogP contribution < -0.4 is 5.73 Å². The SMILES string of the molecule is Cc1nn(C)c(Sc2cnccn2)c1C(=N)N. The number of amidine groups is 1. The summed E-state index contributed by atoms with van der Waals surface area (Å²) in [5, 5.41) is 13.4. The van der Waals surface area contributed by atoms with Gasteiger partial charge in [0.2, 0.25) is 0 Å². The molecule has 0 saturated carbocycles. The molecule has 0 aliphatic rings. The predicted octanol–water partition coefficient (Wildman–Crippen LogP) is 0.954. The Morgan fingerprint density at radius 1 is 1.47 bits per heavy atom. The van der Waals surface area contributed by atoms with Gasteiger partial charge < -0.3 is 5.73 Å². The molecule has 0 amide bonds. The summed E-state index contributed by atoms with van der Waals surface area (Å²) < 4.78 is 1.70. The average molecular weight is 248 g/mol. The molecule has 7 heteroatoms. The quantitative estimate of drug-likeness (QED) is 0.623. The van der Waals surface area contributed by atoms with Gasteiger partial charge in [-0.2, -0.15) is 5.10 Å². The number of aromatic nitrogens is 4. The molecule has 0 fully saturated rings. The molecule has 0 radical (unpaired) electrons. The highest BCUT2D eigenvalue weighted by atomic mass is 32.2. The van der Waals surface area contributed by atoms with E-state index < -0.39 is 0 Å². The van der Waals surface area contributed by atoms with Crippen molar-refractivity contribution < 1.29 is 0 Å². The highest BCUT2D eigenvalue weighted by molar-refractivity contribution is 7.99. The smallest absolute Gasteiger partial charge is 0.127 e. The van der Waals surface area contributed by atoms with E-state index in [0.29, 0.717) is 5.56 Å². The van der Waals surface area contributed by atoms with Gasteiger partial charge in [0.1, 0.15) is 15.9 Å². The Hall–Kier alpha value is -1.89. The number of aryl methyl sites for hydroxylation is 2. The first kappa shape index (κ1) is 11.6. The van der Waals surface area contributed by atoms with Crippen LogP contribution in [0.3, 0.4) is 0 Å². The third kappa shape index (κ3) is 2.28. The van der Waals surface area contributed by atoms with Crippen molar-refractivity contribution >= 4 is 17.6 Å². The third-order valence-electron chi connectivity index (χ3n) is 2.18. The Kier molecular flexibility index (Phi) is 3.10. The lowest BCUT2D eigenvalue weighted by Gasteiger charge is -2.03. The standard InChI is InChI=1S/C10H12N6S/c1-6-8(9(11)12)10(16(2)15-6)17-7-5-13-3-4-14-7/h3-5H,1-2H3,(H3,11,12). The zero-order valence-corrected chi connectivity index (χ0v) is 10.3. The van der Waals surface area contributed by atoms with Crippen molar-refractivity contribution in [2.24, 2.45) is 12.8 Å². The molecule has 0 aliphatic heterocycles. The van der Waals surface area contributed by atoms with Gasteiger partial charge in [0.25, 0.3) is 0 Å². The molecular formula is C10H12N6S. The van der Waals surface area contributed by atoms with Gasteiger partial charge in [-0.1, -0.05) is 0 Å². The van der Waals surface area contributed by atoms with E-state index in [1.54, 1.807) is 23.3 Å². The Labute approximate surface area is 103 Å². The zero-order valence-electron chi connectivity index (χ0n) is 9.51. The molecule has 2 aromatic heterocycles. The van der Waals surface area contributed by atoms with Crippen LogP contribution in [0.25, 0.3) is 0 Å². The van der Waals surface area contributed by atoms with Crippen LogP contribution >= 0.6 is 11.8 Å². The molecule has 3 N–H and O–H groups in total. The van der Waals surface area contributed by atoms with Crippen molar-refractivity contribution in [3.63, 3.8) is 0 Å². The number of nitrogens with two attached hydrogens (primary N) is 1. The van der Waals surface area contributed by atoms with Gasteiger partial charge in [-0.15, -0.1) is 0 Å². The summed E-state index contributed by atoms with van der Waals surface area (Å²) in [7, 11) is 1.82. The van der Waals surface area contributed by atoms with Crippen LogP contribution in [0.4, 0.5) is 0 Å². The highest BCUT2D eigenvalue weighted by Crippen LogP contribution is 2.29. The first-order valence-electron chi connectivity index (χ1n) is 4.91. The molecule has 2 rings (SSSR count). The van der Waals surface area contributed by atoms with Crippen molar-refractivity contribution in [2.45, 2.75) is 17.0 Å². The Morgan fingerprint density at radius 3 is 2.82 bits per heavy atom. The first-order valence-corrected chi connectivity index (χ1v) is 5.73. The Morgan fingerprint density at radius 2 is 2.24 bits per heavy atom. The molecule has 17 heavy (non-hydrogen) atoms. The molecule has 0 atom stereocenters. The lowest BCUT2D eigenvalue weighted by Crippen LogP contribution is -2.13. The molecule has 0 unspecified atom stereocenters. The van der Waals surface area contributed by atoms with Crippen molar-refractivity contribution in [1.29, 1.82) is 5.41 Å². The van der Waals surface area contributed by atoms with Crippen molar-refractivity contribution in [2.75, 3.05) is 0 Å². The summed E-state index contributed by atoms with van der Waals surface area (Å²) in [5.41, 5.74) is 6.96. The third-order valence-corrected chi connectivity index (χ3v) is 3.26. The van der Waals surface area contributed by atoms with Gasteiger partial charge in [-0.25, -0.2) is 4.98 Å². The topological polar surface area (TPSA) is 93.5 Å². The van der Waals surface area contributed by atoms with Crippen LogP contribution in [0.2, 0.25) is 0 Å². The van der Waals surface area contributed by atoms with Gasteiger partial charge in [-0.3, -0.25) is 15.1 Å². The fourth-order valence-corrected chi connectivity index (χ4v) is 2.46. The number of nitrogens with zero attached hydrogens (tertiary/aromatic N) is 4. The highest BCUT2D eigenvalue weighted by Gasteiger charge is 2.17. The van der Waals surface area contributed by atoms with E-state index in [0.717, 1.165) is 15.7 Å². The van der Waals surface area contributed by atoms with E-state index in [9.17, 15) is 0 Å². The lowest BCUT2D eigenvalue weighted by molar-refractivity contribution is 0.691. The second-order valence-electron chi connectivity index (χ2n) is 3.45. The number of hydrogen-bond acceptors (Lipinski definition) is 5. The molecule has 0 saturated heterocycles. The molecule has 0 aliphatic carbocycles. The minimum Gasteiger partial charge on any atom is -0.384 e. The molecular weight excluding hydrogens is 236 g/mol. The minimum atomic E-state index is 0.0157. The maximum absolute atomic E-state index is 7.57. The Balaban J connectivity index is 2.42. The molecule has 0 aromatic carbocycles. The second kappa shape index (κ2) is 4.54. The van der Waals surface area contributed by atoms with Gasteiger partial charge in [-0.05, 0) is 18.7 Å². The molecule has 2 heterocycles. The van der Waals surface area contributed by atoms with Gasteiger partial charge in [0.15, 0.2) is 0 Å². The average Bonchev–Trinajstić information content (AvgIpc) is 2.55. The summed E-state index contributed by atoms with van der Waals surface area (Å²) in [6.07, 6.45) is 4.90. The van der Waals surface area contributed by atoms with E-state index in [2.05, 4.69) is 15.1 Å². The van der Waals surface area contributed by atoms with E-state index >= 15 is 0 Å². The second-order valence-corrected chi connectivity index (χ2v) is 4.46. The number of hydrogen-bond donors (Lipinski definition) is 2. The number of nitrogen functional groups attached to an aromatic ring is 1. The van der Waals surface area contributed by atoms with Crippen LogP contribution in [-0.2, 0) is 7.05 Å². The monoisotopic (exact) mass is 248 g/mol. The molecule has 88 valence electrons. The van der Waals surface area contributed by atoms with E-state index in [1.165, 1.54) is 11.8 Å². The Bertz CT molecular complexity index is 547. The van der Waals surface area contributed by atoms with Crippen LogP contribution in [0, 0.1) is 12.3 Å². The number of nitrogens with one attached hydrogen (secondary N) is 1. The zero-order chi connectivity index (χ0) is 12.4. The molecule has 0 spiro atoms. The minimum absolute atomic E-state index is 0.0157. The fourth-order valence-electron chi connectivity index (χ4n) is 1.50. The van der Waals surface area contributed by atoms with E-state index in [-0.39, 0.29) is 5.84 Å². The van der Waals surface area contributed by atoms with Crippen molar-refractivity contribution in [3.8, 4) is 0 Å². The van der Waals surface area contributed by atoms with Crippen LogP contribution in [-0.4, -0.2) is 25.6 Å². The van der Waals surface area contributed by atoms with Crippen molar-refractivity contribution in [3.05, 3.63) is 29.8 Å². The summed E-state index contributed by atoms with van der Waals surface area (Å²) in [6, 6.07) is 0. The number of rotatable bonds is 3. The largest absolute Gasteiger partial charge is 0.384 e. The van der Waals surface area contributed by atoms with Crippen LogP contribution in [0.5, 0.6) is 0 Å². The molecule has 6 nitrogen and oxygen atoms in total. The van der Waals surface area contributed by atoms with Gasteiger partial charge in [0, 0.05) is 19.4 Å². The summed E-state index contributed by atoms with van der Waals surface area (Å²) in [4.78, 5) is 8.17. The van der Waals surface area contributed by atoms with Gasteiger partial charge in [0.05, 0.1) is 17.5 Å². The van der Waals surface area contributed by atoms with Crippen molar-refractivity contribution in [1.82, 2.24) is 19.7 Å². The van der Waals surface area contributed by atoms with Crippen LogP contribution in [0.15, 0.2) is 28.6 Å². The van der Waals surface area contributed by atoms with E-state index in [4.69, 9.17) is 11.1 Å². The maximum Gasteiger partial charge on any atom is 0.127 e. The fraction of sp³-hybridized carbons (Fsp3) is 0.200. The normalized spacial score (nSPS) is 10.5. The lowest BCUT2D eigenvalue weighted by atomic mass is 10.2. The van der Waals surface area contributed by atoms with Gasteiger partial charge >= 0.3 is 0 Å². The summed E-state index contributed by atoms with van der Waals surface area (Å²) in [6.45, 7) is 1.83. The molecule has 0 bridgehead atoms. The predicted molar refractivity (Wildman–Crippen MR) is 65.1 cm³/mol. The summed E-state index contributed by atoms with van der Waals surface area (Å²) >= 11 is 1.40. The molecule has 2 aromatic rings. The maximum atomic E-state index is 7.57. The van der Waals surface area contributed by atoms with E-state index in [1.807, 2.05) is 14.0 Å². The first-order chi connectivity index (χ1) is 8.09.